The van der Waals surface area contributed by atoms with Crippen molar-refractivity contribution >= 4 is 11.8 Å². The molecule has 0 heterocycles. The summed E-state index contributed by atoms with van der Waals surface area (Å²) >= 11 is 0. The fourth-order valence-electron chi connectivity index (χ4n) is 5.27. The van der Waals surface area contributed by atoms with Crippen LogP contribution < -0.4 is 33.6 Å². The van der Waals surface area contributed by atoms with Crippen LogP contribution in [0.4, 0.5) is 0 Å². The zero-order chi connectivity index (χ0) is 20.3. The van der Waals surface area contributed by atoms with E-state index in [4.69, 9.17) is 22.9 Å². The highest BCUT2D eigenvalue weighted by Crippen LogP contribution is 2.26. The maximum Gasteiger partial charge on any atom is 0.223 e. The normalized spacial score (nSPS) is 41.9. The minimum Gasteiger partial charge on any atom is -0.353 e. The van der Waals surface area contributed by atoms with E-state index in [-0.39, 0.29) is 59.9 Å². The lowest BCUT2D eigenvalue weighted by atomic mass is 9.81. The van der Waals surface area contributed by atoms with Gasteiger partial charge in [0.2, 0.25) is 11.8 Å². The van der Waals surface area contributed by atoms with Gasteiger partial charge in [0, 0.05) is 48.1 Å². The summed E-state index contributed by atoms with van der Waals surface area (Å²) in [5.74, 6) is 0.0262. The number of carbonyl (C=O) groups excluding carboxylic acids is 2. The summed E-state index contributed by atoms with van der Waals surface area (Å²) < 4.78 is 0. The van der Waals surface area contributed by atoms with E-state index in [0.29, 0.717) is 0 Å². The van der Waals surface area contributed by atoms with Gasteiger partial charge >= 0.3 is 0 Å². The molecule has 0 bridgehead atoms. The van der Waals surface area contributed by atoms with Gasteiger partial charge < -0.3 is 33.6 Å². The second-order valence-corrected chi connectivity index (χ2v) is 9.41. The van der Waals surface area contributed by atoms with E-state index in [1.54, 1.807) is 0 Å². The van der Waals surface area contributed by atoms with Gasteiger partial charge in [0.05, 0.1) is 0 Å². The lowest BCUT2D eigenvalue weighted by Crippen LogP contribution is -2.50. The molecular weight excluding hydrogens is 356 g/mol. The SMILES string of the molecule is NC1CC(N)CC(C(=O)NC2CCC(NC(=O)C3CC(N)CC(N)C3)CC2)C1. The molecule has 2 amide bonds. The van der Waals surface area contributed by atoms with Crippen molar-refractivity contribution in [2.45, 2.75) is 100 Å². The first-order valence-electron chi connectivity index (χ1n) is 10.9. The van der Waals surface area contributed by atoms with Crippen LogP contribution in [0.15, 0.2) is 0 Å². The molecule has 0 radical (unpaired) electrons. The van der Waals surface area contributed by atoms with E-state index in [9.17, 15) is 9.59 Å². The van der Waals surface area contributed by atoms with Crippen LogP contribution in [-0.4, -0.2) is 48.1 Å². The van der Waals surface area contributed by atoms with Crippen molar-refractivity contribution in [3.05, 3.63) is 0 Å². The number of amides is 2. The Hall–Kier alpha value is -1.22. The van der Waals surface area contributed by atoms with Gasteiger partial charge in [-0.3, -0.25) is 9.59 Å². The molecule has 28 heavy (non-hydrogen) atoms. The minimum absolute atomic E-state index is 0.0199. The molecule has 0 aromatic rings. The predicted molar refractivity (Wildman–Crippen MR) is 109 cm³/mol. The topological polar surface area (TPSA) is 162 Å². The third-order valence-electron chi connectivity index (χ3n) is 6.72. The highest BCUT2D eigenvalue weighted by Gasteiger charge is 2.33. The monoisotopic (exact) mass is 394 g/mol. The summed E-state index contributed by atoms with van der Waals surface area (Å²) in [4.78, 5) is 25.1. The highest BCUT2D eigenvalue weighted by molar-refractivity contribution is 5.80. The molecule has 4 unspecified atom stereocenters. The average molecular weight is 395 g/mol. The Balaban J connectivity index is 1.39. The lowest BCUT2D eigenvalue weighted by molar-refractivity contribution is -0.128. The molecule has 0 aliphatic heterocycles. The maximum absolute atomic E-state index is 12.6. The molecular formula is C20H38N6O2. The lowest BCUT2D eigenvalue weighted by Gasteiger charge is -2.35. The van der Waals surface area contributed by atoms with Gasteiger partial charge in [0.25, 0.3) is 0 Å². The summed E-state index contributed by atoms with van der Waals surface area (Å²) in [6.45, 7) is 0. The first kappa shape index (κ1) is 21.5. The van der Waals surface area contributed by atoms with E-state index < -0.39 is 0 Å². The fraction of sp³-hybridized carbons (Fsp3) is 0.900. The van der Waals surface area contributed by atoms with E-state index in [1.165, 1.54) is 0 Å². The first-order chi connectivity index (χ1) is 13.3. The summed E-state index contributed by atoms with van der Waals surface area (Å²) in [6, 6.07) is 0.425. The quantitative estimate of drug-likeness (QED) is 0.374. The average Bonchev–Trinajstić information content (AvgIpc) is 2.61. The van der Waals surface area contributed by atoms with Gasteiger partial charge in [-0.1, -0.05) is 0 Å². The van der Waals surface area contributed by atoms with Crippen LogP contribution in [0.25, 0.3) is 0 Å². The second kappa shape index (κ2) is 9.52. The Morgan fingerprint density at radius 3 is 1.11 bits per heavy atom. The Kier molecular flexibility index (Phi) is 7.31. The Bertz CT molecular complexity index is 483. The number of nitrogens with two attached hydrogens (primary N) is 4. The third kappa shape index (κ3) is 5.89. The number of carbonyl (C=O) groups is 2. The Morgan fingerprint density at radius 1 is 0.536 bits per heavy atom. The van der Waals surface area contributed by atoms with Crippen molar-refractivity contribution in [1.29, 1.82) is 0 Å². The van der Waals surface area contributed by atoms with Gasteiger partial charge in [-0.2, -0.15) is 0 Å². The van der Waals surface area contributed by atoms with Gasteiger partial charge in [-0.15, -0.1) is 0 Å². The Labute approximate surface area is 167 Å². The second-order valence-electron chi connectivity index (χ2n) is 9.41. The van der Waals surface area contributed by atoms with Crippen LogP contribution in [-0.2, 0) is 9.59 Å². The van der Waals surface area contributed by atoms with E-state index in [1.807, 2.05) is 0 Å². The zero-order valence-electron chi connectivity index (χ0n) is 16.8. The standard InChI is InChI=1S/C20H38N6O2/c21-13-5-11(6-14(22)9-13)19(27)25-17-1-2-18(4-3-17)26-20(28)12-7-15(23)10-16(24)8-12/h11-18H,1-10,21-24H2,(H,25,27)(H,26,28). The fourth-order valence-corrected chi connectivity index (χ4v) is 5.27. The van der Waals surface area contributed by atoms with Gasteiger partial charge in [0.15, 0.2) is 0 Å². The number of hydrogen-bond acceptors (Lipinski definition) is 6. The van der Waals surface area contributed by atoms with Crippen LogP contribution >= 0.6 is 0 Å². The molecule has 160 valence electrons. The van der Waals surface area contributed by atoms with Crippen LogP contribution in [0.3, 0.4) is 0 Å². The van der Waals surface area contributed by atoms with Crippen molar-refractivity contribution in [3.63, 3.8) is 0 Å². The summed E-state index contributed by atoms with van der Waals surface area (Å²) in [6.07, 6.45) is 7.99. The number of rotatable bonds is 4. The summed E-state index contributed by atoms with van der Waals surface area (Å²) in [5, 5.41) is 6.37. The van der Waals surface area contributed by atoms with Crippen molar-refractivity contribution < 1.29 is 9.59 Å². The highest BCUT2D eigenvalue weighted by atomic mass is 16.2. The Morgan fingerprint density at radius 2 is 0.821 bits per heavy atom. The molecule has 3 aliphatic rings. The van der Waals surface area contributed by atoms with Crippen LogP contribution in [0, 0.1) is 11.8 Å². The predicted octanol–water partition coefficient (Wildman–Crippen LogP) is -0.561. The van der Waals surface area contributed by atoms with E-state index >= 15 is 0 Å². The summed E-state index contributed by atoms with van der Waals surface area (Å²) in [7, 11) is 0. The largest absolute Gasteiger partial charge is 0.353 e. The molecule has 3 rings (SSSR count). The first-order valence-corrected chi connectivity index (χ1v) is 10.9. The molecule has 8 nitrogen and oxygen atoms in total. The molecule has 3 fully saturated rings. The van der Waals surface area contributed by atoms with Gasteiger partial charge in [0.1, 0.15) is 0 Å². The minimum atomic E-state index is -0.0732. The van der Waals surface area contributed by atoms with Crippen LogP contribution in [0.2, 0.25) is 0 Å². The van der Waals surface area contributed by atoms with Gasteiger partial charge in [-0.25, -0.2) is 0 Å². The van der Waals surface area contributed by atoms with Crippen LogP contribution in [0.1, 0.15) is 64.2 Å². The van der Waals surface area contributed by atoms with Crippen LogP contribution in [0.5, 0.6) is 0 Å². The molecule has 0 aromatic heterocycles. The number of nitrogens with one attached hydrogen (secondary N) is 2. The molecule has 0 saturated heterocycles. The zero-order valence-corrected chi connectivity index (χ0v) is 16.8. The van der Waals surface area contributed by atoms with Gasteiger partial charge in [-0.05, 0) is 64.2 Å². The third-order valence-corrected chi connectivity index (χ3v) is 6.72. The molecule has 10 N–H and O–H groups in total. The van der Waals surface area contributed by atoms with E-state index in [2.05, 4.69) is 10.6 Å². The van der Waals surface area contributed by atoms with Crippen molar-refractivity contribution in [1.82, 2.24) is 10.6 Å². The summed E-state index contributed by atoms with van der Waals surface area (Å²) in [5.41, 5.74) is 24.1. The molecule has 8 heteroatoms. The molecule has 3 aliphatic carbocycles. The number of hydrogen-bond donors (Lipinski definition) is 6. The molecule has 3 saturated carbocycles. The maximum atomic E-state index is 12.6. The van der Waals surface area contributed by atoms with Crippen molar-refractivity contribution in [3.8, 4) is 0 Å². The van der Waals surface area contributed by atoms with Crippen molar-refractivity contribution in [2.75, 3.05) is 0 Å². The molecule has 0 aromatic carbocycles. The van der Waals surface area contributed by atoms with Crippen molar-refractivity contribution in [2.24, 2.45) is 34.8 Å². The smallest absolute Gasteiger partial charge is 0.223 e. The molecule has 0 spiro atoms. The molecule has 4 atom stereocenters. The van der Waals surface area contributed by atoms with E-state index in [0.717, 1.165) is 64.2 Å².